The molecular weight excluding hydrogens is 199 g/mol. The van der Waals surface area contributed by atoms with Crippen LogP contribution in [0.1, 0.15) is 5.56 Å². The Bertz CT molecular complexity index is 595. The first kappa shape index (κ1) is 8.85. The van der Waals surface area contributed by atoms with Crippen molar-refractivity contribution in [3.05, 3.63) is 40.3 Å². The zero-order valence-electron chi connectivity index (χ0n) is 7.04. The molecule has 0 saturated heterocycles. The lowest BCUT2D eigenvalue weighted by molar-refractivity contribution is 0.636. The molecule has 1 heterocycles. The highest BCUT2D eigenvalue weighted by atomic mass is 32.1. The Morgan fingerprint density at radius 3 is 2.93 bits per heavy atom. The number of pyridine rings is 1. The summed E-state index contributed by atoms with van der Waals surface area (Å²) >= 11 is 4.89. The van der Waals surface area contributed by atoms with Crippen LogP contribution in [0, 0.1) is 21.8 Å². The maximum atomic E-state index is 13.2. The molecule has 2 aromatic rings. The molecular formula is C10H5FN2S. The topological polar surface area (TPSA) is 39.6 Å². The van der Waals surface area contributed by atoms with Crippen molar-refractivity contribution in [2.75, 3.05) is 0 Å². The van der Waals surface area contributed by atoms with Gasteiger partial charge in [-0.05, 0) is 12.1 Å². The van der Waals surface area contributed by atoms with Crippen molar-refractivity contribution in [3.8, 4) is 6.07 Å². The van der Waals surface area contributed by atoms with Gasteiger partial charge in [-0.25, -0.2) is 4.39 Å². The molecule has 0 aliphatic heterocycles. The van der Waals surface area contributed by atoms with Crippen LogP contribution in [0.2, 0.25) is 0 Å². The van der Waals surface area contributed by atoms with Crippen LogP contribution in [0.5, 0.6) is 0 Å². The number of hydrogen-bond acceptors (Lipinski definition) is 2. The third-order valence-electron chi connectivity index (χ3n) is 1.95. The van der Waals surface area contributed by atoms with Crippen LogP contribution in [0.25, 0.3) is 10.9 Å². The van der Waals surface area contributed by atoms with Crippen LogP contribution in [0.4, 0.5) is 4.39 Å². The second-order valence-corrected chi connectivity index (χ2v) is 3.24. The number of aromatic nitrogens is 1. The van der Waals surface area contributed by atoms with Crippen molar-refractivity contribution in [1.29, 1.82) is 5.26 Å². The van der Waals surface area contributed by atoms with Gasteiger partial charge in [0.05, 0.1) is 11.1 Å². The molecule has 2 rings (SSSR count). The standard InChI is InChI=1S/C10H5FN2S/c11-8-3-1-2-6-4-7(5-12)10(14)13-9(6)8/h1-4H,(H,13,14). The van der Waals surface area contributed by atoms with E-state index in [1.54, 1.807) is 18.2 Å². The minimum absolute atomic E-state index is 0.269. The number of hydrogen-bond donors (Lipinski definition) is 1. The Labute approximate surface area is 84.6 Å². The molecule has 1 N–H and O–H groups in total. The van der Waals surface area contributed by atoms with Crippen LogP contribution < -0.4 is 0 Å². The summed E-state index contributed by atoms with van der Waals surface area (Å²) in [7, 11) is 0. The summed E-state index contributed by atoms with van der Waals surface area (Å²) in [6.45, 7) is 0. The highest BCUT2D eigenvalue weighted by Gasteiger charge is 2.02. The summed E-state index contributed by atoms with van der Waals surface area (Å²) in [5.74, 6) is -0.363. The lowest BCUT2D eigenvalue weighted by Crippen LogP contribution is -1.87. The number of aromatic amines is 1. The van der Waals surface area contributed by atoms with Crippen molar-refractivity contribution in [2.24, 2.45) is 0 Å². The van der Waals surface area contributed by atoms with E-state index in [-0.39, 0.29) is 10.5 Å². The van der Waals surface area contributed by atoms with Crippen molar-refractivity contribution < 1.29 is 4.39 Å². The molecule has 0 atom stereocenters. The van der Waals surface area contributed by atoms with Crippen LogP contribution in [0.3, 0.4) is 0 Å². The Morgan fingerprint density at radius 2 is 2.21 bits per heavy atom. The minimum atomic E-state index is -0.363. The van der Waals surface area contributed by atoms with Gasteiger partial charge in [-0.3, -0.25) is 0 Å². The number of rotatable bonds is 0. The molecule has 0 spiro atoms. The van der Waals surface area contributed by atoms with E-state index in [0.717, 1.165) is 0 Å². The fourth-order valence-electron chi connectivity index (χ4n) is 1.28. The van der Waals surface area contributed by atoms with Crippen LogP contribution in [-0.2, 0) is 0 Å². The number of halogens is 1. The van der Waals surface area contributed by atoms with E-state index in [9.17, 15) is 4.39 Å². The van der Waals surface area contributed by atoms with Crippen LogP contribution >= 0.6 is 12.2 Å². The van der Waals surface area contributed by atoms with Gasteiger partial charge >= 0.3 is 0 Å². The average Bonchev–Trinajstić information content (AvgIpc) is 2.19. The average molecular weight is 204 g/mol. The Morgan fingerprint density at radius 1 is 1.43 bits per heavy atom. The maximum absolute atomic E-state index is 13.2. The summed E-state index contributed by atoms with van der Waals surface area (Å²) in [6.07, 6.45) is 0. The normalized spacial score (nSPS) is 10.0. The lowest BCUT2D eigenvalue weighted by atomic mass is 10.2. The Balaban J connectivity index is 2.95. The van der Waals surface area contributed by atoms with E-state index >= 15 is 0 Å². The molecule has 0 bridgehead atoms. The number of H-pyrrole nitrogens is 1. The third kappa shape index (κ3) is 1.28. The molecule has 0 aliphatic rings. The van der Waals surface area contributed by atoms with Crippen LogP contribution in [-0.4, -0.2) is 4.98 Å². The number of nitriles is 1. The van der Waals surface area contributed by atoms with Gasteiger partial charge in [0, 0.05) is 5.39 Å². The largest absolute Gasteiger partial charge is 0.343 e. The summed E-state index contributed by atoms with van der Waals surface area (Å²) in [4.78, 5) is 2.69. The number of fused-ring (bicyclic) bond motifs is 1. The van der Waals surface area contributed by atoms with Gasteiger partial charge in [0.15, 0.2) is 0 Å². The summed E-state index contributed by atoms with van der Waals surface area (Å²) in [6, 6.07) is 8.20. The Kier molecular flexibility index (Phi) is 2.02. The van der Waals surface area contributed by atoms with Gasteiger partial charge in [-0.15, -0.1) is 0 Å². The van der Waals surface area contributed by atoms with Crippen molar-refractivity contribution >= 4 is 23.1 Å². The zero-order chi connectivity index (χ0) is 10.1. The van der Waals surface area contributed by atoms with Gasteiger partial charge in [-0.2, -0.15) is 5.26 Å². The van der Waals surface area contributed by atoms with E-state index in [1.165, 1.54) is 6.07 Å². The number of nitrogens with one attached hydrogen (secondary N) is 1. The summed E-state index contributed by atoms with van der Waals surface area (Å²) < 4.78 is 13.5. The molecule has 0 saturated carbocycles. The van der Waals surface area contributed by atoms with Gasteiger partial charge in [0.2, 0.25) is 0 Å². The van der Waals surface area contributed by atoms with Crippen molar-refractivity contribution in [3.63, 3.8) is 0 Å². The number of benzene rings is 1. The molecule has 14 heavy (non-hydrogen) atoms. The van der Waals surface area contributed by atoms with E-state index in [4.69, 9.17) is 17.5 Å². The van der Waals surface area contributed by atoms with Crippen molar-refractivity contribution in [1.82, 2.24) is 4.98 Å². The van der Waals surface area contributed by atoms with Gasteiger partial charge in [0.25, 0.3) is 0 Å². The van der Waals surface area contributed by atoms with Crippen LogP contribution in [0.15, 0.2) is 24.3 Å². The molecule has 0 fully saturated rings. The molecule has 2 nitrogen and oxygen atoms in total. The molecule has 1 aromatic heterocycles. The second-order valence-electron chi connectivity index (χ2n) is 2.83. The van der Waals surface area contributed by atoms with Crippen molar-refractivity contribution in [2.45, 2.75) is 0 Å². The molecule has 1 aromatic carbocycles. The van der Waals surface area contributed by atoms with E-state index in [2.05, 4.69) is 4.98 Å². The minimum Gasteiger partial charge on any atom is -0.343 e. The highest BCUT2D eigenvalue weighted by molar-refractivity contribution is 7.71. The molecule has 0 unspecified atom stereocenters. The van der Waals surface area contributed by atoms with Gasteiger partial charge in [-0.1, -0.05) is 24.4 Å². The summed E-state index contributed by atoms with van der Waals surface area (Å²) in [5.41, 5.74) is 0.703. The number of nitrogens with zero attached hydrogens (tertiary/aromatic N) is 1. The predicted molar refractivity (Wildman–Crippen MR) is 53.8 cm³/mol. The molecule has 0 amide bonds. The lowest BCUT2D eigenvalue weighted by Gasteiger charge is -1.99. The first-order valence-electron chi connectivity index (χ1n) is 3.94. The monoisotopic (exact) mass is 204 g/mol. The first-order chi connectivity index (χ1) is 6.72. The molecule has 0 radical (unpaired) electrons. The van der Waals surface area contributed by atoms with E-state index in [0.29, 0.717) is 16.5 Å². The first-order valence-corrected chi connectivity index (χ1v) is 4.35. The summed E-state index contributed by atoms with van der Waals surface area (Å²) in [5, 5.41) is 9.37. The zero-order valence-corrected chi connectivity index (χ0v) is 7.86. The number of para-hydroxylation sites is 1. The SMILES string of the molecule is N#Cc1cc2cccc(F)c2[nH]c1=S. The predicted octanol–water partition coefficient (Wildman–Crippen LogP) is 2.91. The highest BCUT2D eigenvalue weighted by Crippen LogP contribution is 2.16. The maximum Gasteiger partial charge on any atom is 0.147 e. The van der Waals surface area contributed by atoms with E-state index < -0.39 is 0 Å². The van der Waals surface area contributed by atoms with Gasteiger partial charge < -0.3 is 4.98 Å². The quantitative estimate of drug-likeness (QED) is 0.670. The Hall–Kier alpha value is -1.73. The molecule has 68 valence electrons. The molecule has 0 aliphatic carbocycles. The van der Waals surface area contributed by atoms with E-state index in [1.807, 2.05) is 6.07 Å². The second kappa shape index (κ2) is 3.20. The van der Waals surface area contributed by atoms with Gasteiger partial charge in [0.1, 0.15) is 16.5 Å². The third-order valence-corrected chi connectivity index (χ3v) is 2.27. The molecule has 4 heteroatoms. The fourth-order valence-corrected chi connectivity index (χ4v) is 1.48. The fraction of sp³-hybridized carbons (Fsp3) is 0. The smallest absolute Gasteiger partial charge is 0.147 e.